The first-order valence-corrected chi connectivity index (χ1v) is 12.4. The lowest BCUT2D eigenvalue weighted by atomic mass is 10.1. The number of methoxy groups -OCH3 is 1. The molecule has 3 amide bonds. The average Bonchev–Trinajstić information content (AvgIpc) is 3.15. The van der Waals surface area contributed by atoms with E-state index in [1.165, 1.54) is 4.90 Å². The van der Waals surface area contributed by atoms with Gasteiger partial charge in [0, 0.05) is 24.0 Å². The molecule has 0 aromatic heterocycles. The fourth-order valence-electron chi connectivity index (χ4n) is 4.63. The van der Waals surface area contributed by atoms with Gasteiger partial charge in [-0.25, -0.2) is 0 Å². The molecule has 36 heavy (non-hydrogen) atoms. The molecule has 1 aliphatic rings. The zero-order valence-corrected chi connectivity index (χ0v) is 21.3. The first-order valence-electron chi connectivity index (χ1n) is 12.4. The van der Waals surface area contributed by atoms with Gasteiger partial charge in [0.1, 0.15) is 18.3 Å². The van der Waals surface area contributed by atoms with E-state index in [9.17, 15) is 14.4 Å². The Labute approximate surface area is 212 Å². The predicted molar refractivity (Wildman–Crippen MR) is 141 cm³/mol. The molecule has 0 aliphatic carbocycles. The van der Waals surface area contributed by atoms with Gasteiger partial charge in [-0.05, 0) is 47.6 Å². The van der Waals surface area contributed by atoms with Crippen molar-refractivity contribution in [3.63, 3.8) is 0 Å². The second-order valence-electron chi connectivity index (χ2n) is 9.50. The van der Waals surface area contributed by atoms with Gasteiger partial charge in [-0.2, -0.15) is 0 Å². The highest BCUT2D eigenvalue weighted by Gasteiger charge is 2.35. The van der Waals surface area contributed by atoms with E-state index in [0.717, 1.165) is 22.0 Å². The van der Waals surface area contributed by atoms with Crippen molar-refractivity contribution in [3.8, 4) is 5.75 Å². The van der Waals surface area contributed by atoms with Gasteiger partial charge in [0.05, 0.1) is 12.8 Å². The number of nitrogens with one attached hydrogen (secondary N) is 1. The number of nitrogens with zero attached hydrogens (tertiary/aromatic N) is 2. The van der Waals surface area contributed by atoms with E-state index in [1.54, 1.807) is 18.1 Å². The molecule has 1 unspecified atom stereocenters. The van der Waals surface area contributed by atoms with Crippen molar-refractivity contribution in [1.82, 2.24) is 10.2 Å². The van der Waals surface area contributed by atoms with E-state index in [2.05, 4.69) is 5.32 Å². The van der Waals surface area contributed by atoms with Crippen LogP contribution < -0.4 is 15.0 Å². The molecule has 1 aliphatic heterocycles. The molecule has 7 heteroatoms. The zero-order valence-electron chi connectivity index (χ0n) is 21.3. The highest BCUT2D eigenvalue weighted by atomic mass is 16.5. The van der Waals surface area contributed by atoms with Gasteiger partial charge >= 0.3 is 0 Å². The van der Waals surface area contributed by atoms with Crippen LogP contribution in [-0.4, -0.2) is 48.9 Å². The topological polar surface area (TPSA) is 79.0 Å². The van der Waals surface area contributed by atoms with Crippen LogP contribution in [-0.2, 0) is 16.1 Å². The number of carbonyl (C=O) groups is 3. The van der Waals surface area contributed by atoms with Crippen LogP contribution in [0.4, 0.5) is 5.69 Å². The van der Waals surface area contributed by atoms with E-state index in [-0.39, 0.29) is 30.8 Å². The molecular formula is C29H33N3O4. The molecule has 0 saturated carbocycles. The summed E-state index contributed by atoms with van der Waals surface area (Å²) in [5.74, 6) is 0.337. The summed E-state index contributed by atoms with van der Waals surface area (Å²) in [5, 5.41) is 4.79. The van der Waals surface area contributed by atoms with Gasteiger partial charge < -0.3 is 15.0 Å². The van der Waals surface area contributed by atoms with E-state index >= 15 is 0 Å². The number of carbonyl (C=O) groups excluding carboxylic acids is 3. The van der Waals surface area contributed by atoms with Crippen LogP contribution in [0.5, 0.6) is 5.75 Å². The number of anilines is 1. The van der Waals surface area contributed by atoms with Crippen LogP contribution in [0.1, 0.15) is 43.1 Å². The minimum atomic E-state index is -0.658. The Balaban J connectivity index is 1.63. The van der Waals surface area contributed by atoms with Gasteiger partial charge in [0.2, 0.25) is 11.8 Å². The Bertz CT molecular complexity index is 1260. The van der Waals surface area contributed by atoms with Crippen molar-refractivity contribution >= 4 is 34.2 Å². The lowest BCUT2D eigenvalue weighted by Crippen LogP contribution is -2.52. The quantitative estimate of drug-likeness (QED) is 0.460. The molecule has 0 spiro atoms. The maximum atomic E-state index is 13.8. The molecule has 3 aromatic carbocycles. The lowest BCUT2D eigenvalue weighted by molar-refractivity contribution is -0.140. The molecule has 4 rings (SSSR count). The third-order valence-corrected chi connectivity index (χ3v) is 6.52. The first kappa shape index (κ1) is 25.2. The predicted octanol–water partition coefficient (Wildman–Crippen LogP) is 4.39. The molecular weight excluding hydrogens is 454 g/mol. The Kier molecular flexibility index (Phi) is 7.58. The molecule has 1 heterocycles. The molecule has 0 radical (unpaired) electrons. The third-order valence-electron chi connectivity index (χ3n) is 6.52. The SMILES string of the molecule is CCC(C(=O)NCC(C)C)N(Cc1ccc(OC)cc1)C(=O)CN1C(=O)c2cccc3cccc1c23. The summed E-state index contributed by atoms with van der Waals surface area (Å²) >= 11 is 0. The molecule has 0 saturated heterocycles. The van der Waals surface area contributed by atoms with E-state index < -0.39 is 6.04 Å². The fraction of sp³-hybridized carbons (Fsp3) is 0.345. The molecule has 1 N–H and O–H groups in total. The third kappa shape index (κ3) is 5.05. The highest BCUT2D eigenvalue weighted by molar-refractivity contribution is 6.26. The highest BCUT2D eigenvalue weighted by Crippen LogP contribution is 2.37. The van der Waals surface area contributed by atoms with E-state index in [0.29, 0.717) is 30.2 Å². The Morgan fingerprint density at radius 2 is 1.72 bits per heavy atom. The van der Waals surface area contributed by atoms with Gasteiger partial charge in [0.25, 0.3) is 5.91 Å². The summed E-state index contributed by atoms with van der Waals surface area (Å²) < 4.78 is 5.25. The average molecular weight is 488 g/mol. The maximum Gasteiger partial charge on any atom is 0.259 e. The molecule has 0 fully saturated rings. The summed E-state index contributed by atoms with van der Waals surface area (Å²) in [6.45, 7) is 6.58. The summed E-state index contributed by atoms with van der Waals surface area (Å²) in [6, 6.07) is 18.1. The van der Waals surface area contributed by atoms with Crippen molar-refractivity contribution in [3.05, 3.63) is 71.8 Å². The van der Waals surface area contributed by atoms with Crippen molar-refractivity contribution in [2.45, 2.75) is 39.8 Å². The van der Waals surface area contributed by atoms with Gasteiger partial charge in [-0.3, -0.25) is 19.3 Å². The molecule has 1 atom stereocenters. The molecule has 188 valence electrons. The van der Waals surface area contributed by atoms with Gasteiger partial charge in [-0.1, -0.05) is 57.2 Å². The summed E-state index contributed by atoms with van der Waals surface area (Å²) in [6.07, 6.45) is 0.454. The zero-order chi connectivity index (χ0) is 25.8. The van der Waals surface area contributed by atoms with Crippen molar-refractivity contribution in [1.29, 1.82) is 0 Å². The normalized spacial score (nSPS) is 13.2. The smallest absolute Gasteiger partial charge is 0.259 e. The van der Waals surface area contributed by atoms with Crippen molar-refractivity contribution in [2.24, 2.45) is 5.92 Å². The largest absolute Gasteiger partial charge is 0.497 e. The lowest BCUT2D eigenvalue weighted by Gasteiger charge is -2.32. The maximum absolute atomic E-state index is 13.8. The second-order valence-corrected chi connectivity index (χ2v) is 9.50. The van der Waals surface area contributed by atoms with Crippen molar-refractivity contribution < 1.29 is 19.1 Å². The van der Waals surface area contributed by atoms with Gasteiger partial charge in [0.15, 0.2) is 0 Å². The van der Waals surface area contributed by atoms with Crippen LogP contribution in [0.3, 0.4) is 0 Å². The van der Waals surface area contributed by atoms with Gasteiger partial charge in [-0.15, -0.1) is 0 Å². The number of hydrogen-bond acceptors (Lipinski definition) is 4. The number of benzene rings is 3. The Morgan fingerprint density at radius 1 is 1.03 bits per heavy atom. The number of amides is 3. The minimum Gasteiger partial charge on any atom is -0.497 e. The van der Waals surface area contributed by atoms with Crippen LogP contribution >= 0.6 is 0 Å². The summed E-state index contributed by atoms with van der Waals surface area (Å²) in [7, 11) is 1.60. The monoisotopic (exact) mass is 487 g/mol. The number of hydrogen-bond donors (Lipinski definition) is 1. The van der Waals surface area contributed by atoms with Crippen LogP contribution in [0.25, 0.3) is 10.8 Å². The molecule has 3 aromatic rings. The first-order chi connectivity index (χ1) is 17.3. The number of ether oxygens (including phenoxy) is 1. The molecule has 7 nitrogen and oxygen atoms in total. The Morgan fingerprint density at radius 3 is 2.36 bits per heavy atom. The van der Waals surface area contributed by atoms with Crippen molar-refractivity contribution in [2.75, 3.05) is 25.1 Å². The van der Waals surface area contributed by atoms with Crippen LogP contribution in [0, 0.1) is 5.92 Å². The minimum absolute atomic E-state index is 0.142. The number of rotatable bonds is 10. The van der Waals surface area contributed by atoms with Crippen LogP contribution in [0.15, 0.2) is 60.7 Å². The standard InChI is InChI=1S/C29H33N3O4/c1-5-24(28(34)30-16-19(2)3)31(17-20-12-14-22(36-4)15-13-20)26(33)18-32-25-11-7-9-21-8-6-10-23(27(21)25)29(32)35/h6-15,19,24H,5,16-18H2,1-4H3,(H,30,34). The molecule has 0 bridgehead atoms. The van der Waals surface area contributed by atoms with E-state index in [1.807, 2.05) is 75.4 Å². The summed E-state index contributed by atoms with van der Waals surface area (Å²) in [4.78, 5) is 43.4. The fourth-order valence-corrected chi connectivity index (χ4v) is 4.63. The summed E-state index contributed by atoms with van der Waals surface area (Å²) in [5.41, 5.74) is 2.19. The van der Waals surface area contributed by atoms with E-state index in [4.69, 9.17) is 4.74 Å². The Hall–Kier alpha value is -3.87. The second kappa shape index (κ2) is 10.8. The van der Waals surface area contributed by atoms with Crippen LogP contribution in [0.2, 0.25) is 0 Å².